The normalized spacial score (nSPS) is 17.7. The van der Waals surface area contributed by atoms with E-state index in [0.717, 1.165) is 54.4 Å². The average Bonchev–Trinajstić information content (AvgIpc) is 3.58. The van der Waals surface area contributed by atoms with Gasteiger partial charge in [0.1, 0.15) is 17.1 Å². The molecule has 0 saturated carbocycles. The van der Waals surface area contributed by atoms with Gasteiger partial charge in [-0.3, -0.25) is 23.5 Å². The van der Waals surface area contributed by atoms with Crippen LogP contribution in [-0.2, 0) is 33.9 Å². The van der Waals surface area contributed by atoms with Crippen molar-refractivity contribution in [1.82, 2.24) is 29.0 Å². The van der Waals surface area contributed by atoms with E-state index in [2.05, 4.69) is 4.98 Å². The lowest BCUT2D eigenvalue weighted by Gasteiger charge is -2.32. The molecule has 5 heterocycles. The first-order valence-corrected chi connectivity index (χ1v) is 14.2. The zero-order valence-electron chi connectivity index (χ0n) is 22.9. The van der Waals surface area contributed by atoms with Crippen LogP contribution in [0.15, 0.2) is 42.7 Å². The van der Waals surface area contributed by atoms with Crippen molar-refractivity contribution in [3.63, 3.8) is 0 Å². The Labute approximate surface area is 236 Å². The number of ketones is 3. The summed E-state index contributed by atoms with van der Waals surface area (Å²) in [5.41, 5.74) is 4.79. The molecule has 1 aliphatic carbocycles. The molecule has 0 spiro atoms. The van der Waals surface area contributed by atoms with Crippen molar-refractivity contribution in [1.29, 1.82) is 0 Å². The molecule has 3 aromatic heterocycles. The zero-order valence-corrected chi connectivity index (χ0v) is 22.9. The van der Waals surface area contributed by atoms with Crippen molar-refractivity contribution in [2.45, 2.75) is 52.1 Å². The summed E-state index contributed by atoms with van der Waals surface area (Å²) in [5.74, 6) is -0.526. The molecule has 0 bridgehead atoms. The number of hydrogen-bond acceptors (Lipinski definition) is 6. The molecule has 0 atom stereocenters. The molecule has 1 aromatic carbocycles. The Morgan fingerprint density at radius 1 is 0.927 bits per heavy atom. The fourth-order valence-corrected chi connectivity index (χ4v) is 6.52. The number of hydrogen-bond donors (Lipinski definition) is 0. The number of nitrogens with zero attached hydrogens (tertiary/aromatic N) is 6. The van der Waals surface area contributed by atoms with Crippen molar-refractivity contribution in [2.75, 3.05) is 19.6 Å². The number of fused-ring (bicyclic) bond motifs is 1. The molecule has 2 aliphatic heterocycles. The summed E-state index contributed by atoms with van der Waals surface area (Å²) in [7, 11) is 0. The Morgan fingerprint density at radius 2 is 1.73 bits per heavy atom. The molecule has 1 saturated heterocycles. The quantitative estimate of drug-likeness (QED) is 0.359. The maximum absolute atomic E-state index is 13.5. The van der Waals surface area contributed by atoms with Crippen LogP contribution in [0.3, 0.4) is 0 Å². The van der Waals surface area contributed by atoms with E-state index in [9.17, 15) is 19.2 Å². The fourth-order valence-electron chi connectivity index (χ4n) is 6.52. The molecule has 10 heteroatoms. The Kier molecular flexibility index (Phi) is 6.06. The monoisotopic (exact) mass is 550 g/mol. The third-order valence-corrected chi connectivity index (χ3v) is 8.31. The molecule has 0 radical (unpaired) electrons. The van der Waals surface area contributed by atoms with E-state index in [1.165, 1.54) is 0 Å². The number of aromatic nitrogens is 4. The van der Waals surface area contributed by atoms with Crippen molar-refractivity contribution in [3.8, 4) is 0 Å². The van der Waals surface area contributed by atoms with Crippen LogP contribution < -0.4 is 0 Å². The second kappa shape index (κ2) is 9.79. The van der Waals surface area contributed by atoms with E-state index in [1.807, 2.05) is 55.4 Å². The molecular weight excluding hydrogens is 520 g/mol. The third-order valence-electron chi connectivity index (χ3n) is 8.31. The summed E-state index contributed by atoms with van der Waals surface area (Å²) in [5, 5.41) is 5.65. The highest BCUT2D eigenvalue weighted by molar-refractivity contribution is 6.51. The van der Waals surface area contributed by atoms with Crippen molar-refractivity contribution in [2.24, 2.45) is 0 Å². The predicted molar refractivity (Wildman–Crippen MR) is 152 cm³/mol. The Balaban J connectivity index is 1.40. The van der Waals surface area contributed by atoms with Gasteiger partial charge in [0.25, 0.3) is 0 Å². The van der Waals surface area contributed by atoms with Crippen LogP contribution in [0, 0.1) is 0 Å². The number of carbonyl (C=O) groups excluding carboxylic acids is 4. The second-order valence-electron chi connectivity index (χ2n) is 11.2. The van der Waals surface area contributed by atoms with Gasteiger partial charge >= 0.3 is 6.03 Å². The smallest absolute Gasteiger partial charge is 0.320 e. The highest BCUT2D eigenvalue weighted by Crippen LogP contribution is 2.39. The second-order valence-corrected chi connectivity index (χ2v) is 11.2. The van der Waals surface area contributed by atoms with Crippen molar-refractivity contribution >= 4 is 51.1 Å². The summed E-state index contributed by atoms with van der Waals surface area (Å²) in [4.78, 5) is 60.6. The van der Waals surface area contributed by atoms with Crippen LogP contribution in [0.1, 0.15) is 55.1 Å². The van der Waals surface area contributed by atoms with Crippen LogP contribution in [0.4, 0.5) is 4.79 Å². The van der Waals surface area contributed by atoms with Gasteiger partial charge in [0.2, 0.25) is 0 Å². The number of likely N-dealkylation sites (tertiary alicyclic amines) is 1. The molecule has 7 rings (SSSR count). The maximum Gasteiger partial charge on any atom is 0.320 e. The number of imidazole rings is 1. The van der Waals surface area contributed by atoms with E-state index in [-0.39, 0.29) is 41.8 Å². The van der Waals surface area contributed by atoms with Gasteiger partial charge in [-0.2, -0.15) is 5.10 Å². The first-order chi connectivity index (χ1) is 19.9. The van der Waals surface area contributed by atoms with Gasteiger partial charge in [-0.15, -0.1) is 0 Å². The minimum atomic E-state index is -0.278. The number of piperidine rings is 1. The first-order valence-electron chi connectivity index (χ1n) is 14.2. The molecule has 2 amide bonds. The van der Waals surface area contributed by atoms with E-state index in [1.54, 1.807) is 13.1 Å². The van der Waals surface area contributed by atoms with Crippen molar-refractivity contribution < 1.29 is 19.2 Å². The van der Waals surface area contributed by atoms with E-state index >= 15 is 0 Å². The minimum Gasteiger partial charge on any atom is -0.325 e. The molecule has 1 fully saturated rings. The molecule has 208 valence electrons. The lowest BCUT2D eigenvalue weighted by molar-refractivity contribution is -0.120. The lowest BCUT2D eigenvalue weighted by atomic mass is 9.97. The number of carbonyl (C=O) groups is 4. The minimum absolute atomic E-state index is 0.0121. The molecule has 10 nitrogen and oxygen atoms in total. The van der Waals surface area contributed by atoms with Gasteiger partial charge < -0.3 is 9.80 Å². The number of benzene rings is 1. The summed E-state index contributed by atoms with van der Waals surface area (Å²) in [6, 6.07) is 9.49. The SMILES string of the molecule is CC(=O)Cc1cc2c3c(c1)c(C1=C(c4cnc5ccccn45)C(=O)CC1=O)nn3CCN(C(=O)N1CCCCC1)C2. The maximum atomic E-state index is 13.5. The molecule has 3 aliphatic rings. The van der Waals surface area contributed by atoms with Gasteiger partial charge in [-0.05, 0) is 55.5 Å². The standard InChI is InChI=1S/C31H30N6O4/c1-19(38)13-20-14-21-18-35(31(41)34-8-4-2-5-9-34)11-12-37-30(21)22(15-20)29(33-37)28-25(40)16-24(39)27(28)23-17-32-26-7-3-6-10-36(23)26/h3,6-7,10,14-15,17H,2,4-5,8-9,11-13,16,18H2,1H3. The number of pyridine rings is 1. The summed E-state index contributed by atoms with van der Waals surface area (Å²) >= 11 is 0. The van der Waals surface area contributed by atoms with Gasteiger partial charge in [-0.1, -0.05) is 12.1 Å². The highest BCUT2D eigenvalue weighted by Gasteiger charge is 2.37. The Morgan fingerprint density at radius 3 is 2.54 bits per heavy atom. The molecule has 0 N–H and O–H groups in total. The van der Waals surface area contributed by atoms with Crippen molar-refractivity contribution in [3.05, 3.63) is 65.2 Å². The highest BCUT2D eigenvalue weighted by atomic mass is 16.2. The van der Waals surface area contributed by atoms with Crippen LogP contribution in [0.25, 0.3) is 27.7 Å². The molecule has 4 aromatic rings. The summed E-state index contributed by atoms with van der Waals surface area (Å²) < 4.78 is 3.67. The summed E-state index contributed by atoms with van der Waals surface area (Å²) in [6.45, 7) is 4.38. The van der Waals surface area contributed by atoms with Gasteiger partial charge in [0, 0.05) is 44.2 Å². The average molecular weight is 551 g/mol. The topological polar surface area (TPSA) is 110 Å². The van der Waals surface area contributed by atoms with Crippen LogP contribution in [0.2, 0.25) is 0 Å². The third kappa shape index (κ3) is 4.25. The number of allylic oxidation sites excluding steroid dienone is 2. The lowest BCUT2D eigenvalue weighted by Crippen LogP contribution is -2.45. The number of rotatable bonds is 4. The first kappa shape index (κ1) is 25.4. The molecule has 41 heavy (non-hydrogen) atoms. The zero-order chi connectivity index (χ0) is 28.2. The van der Waals surface area contributed by atoms with Gasteiger partial charge in [-0.25, -0.2) is 9.78 Å². The van der Waals surface area contributed by atoms with Crippen LogP contribution in [0.5, 0.6) is 0 Å². The Hall–Kier alpha value is -4.60. The largest absolute Gasteiger partial charge is 0.325 e. The van der Waals surface area contributed by atoms with E-state index in [4.69, 9.17) is 5.10 Å². The Bertz CT molecular complexity index is 1810. The van der Waals surface area contributed by atoms with Crippen LogP contribution in [-0.4, -0.2) is 72.0 Å². The fraction of sp³-hybridized carbons (Fsp3) is 0.355. The van der Waals surface area contributed by atoms with E-state index in [0.29, 0.717) is 42.2 Å². The molecular formula is C31H30N6O4. The number of urea groups is 1. The number of amides is 2. The number of Topliss-reactive ketones (excluding diaryl/α,β-unsaturated/α-hetero) is 3. The molecule has 0 unspecified atom stereocenters. The van der Waals surface area contributed by atoms with Crippen LogP contribution >= 0.6 is 0 Å². The summed E-state index contributed by atoms with van der Waals surface area (Å²) in [6.07, 6.45) is 6.62. The predicted octanol–water partition coefficient (Wildman–Crippen LogP) is 3.69. The van der Waals surface area contributed by atoms with Gasteiger partial charge in [0.15, 0.2) is 11.6 Å². The van der Waals surface area contributed by atoms with Gasteiger partial charge in [0.05, 0.1) is 41.5 Å². The van der Waals surface area contributed by atoms with E-state index < -0.39 is 0 Å².